The second-order valence-corrected chi connectivity index (χ2v) is 11.1. The van der Waals surface area contributed by atoms with Gasteiger partial charge in [0.1, 0.15) is 6.10 Å². The van der Waals surface area contributed by atoms with E-state index in [1.165, 1.54) is 31.1 Å². The van der Waals surface area contributed by atoms with E-state index in [1.54, 1.807) is 0 Å². The predicted octanol–water partition coefficient (Wildman–Crippen LogP) is 4.68. The maximum atomic E-state index is 11.5. The normalized spacial score (nSPS) is 49.4. The van der Waals surface area contributed by atoms with Gasteiger partial charge < -0.3 is 14.2 Å². The van der Waals surface area contributed by atoms with Crippen LogP contribution in [0.2, 0.25) is 0 Å². The molecule has 28 heavy (non-hydrogen) atoms. The maximum Gasteiger partial charge on any atom is 0.302 e. The Labute approximate surface area is 174 Å². The van der Waals surface area contributed by atoms with Crippen molar-refractivity contribution in [1.82, 2.24) is 0 Å². The van der Waals surface area contributed by atoms with E-state index < -0.39 is 0 Å². The lowest BCUT2D eigenvalue weighted by molar-refractivity contribution is -0.244. The van der Waals surface area contributed by atoms with Gasteiger partial charge in [0, 0.05) is 18.8 Å². The number of carbonyl (C=O) groups is 1. The van der Waals surface area contributed by atoms with Gasteiger partial charge in [-0.05, 0) is 78.9 Å². The molecule has 0 unspecified atom stereocenters. The Morgan fingerprint density at radius 2 is 1.79 bits per heavy atom. The Bertz CT molecular complexity index is 686. The zero-order valence-corrected chi connectivity index (χ0v) is 18.3. The topological polar surface area (TPSA) is 44.8 Å². The molecule has 5 rings (SSSR count). The van der Waals surface area contributed by atoms with Gasteiger partial charge in [-0.3, -0.25) is 4.79 Å². The minimum Gasteiger partial charge on any atom is -0.463 e. The number of hydrogen-bond donors (Lipinski definition) is 0. The van der Waals surface area contributed by atoms with Gasteiger partial charge in [0.15, 0.2) is 5.79 Å². The fraction of sp³-hybridized carbons (Fsp3) is 0.913. The van der Waals surface area contributed by atoms with Crippen LogP contribution in [0.4, 0.5) is 0 Å². The Morgan fingerprint density at radius 1 is 1.07 bits per heavy atom. The summed E-state index contributed by atoms with van der Waals surface area (Å²) in [7, 11) is 0. The van der Waals surface area contributed by atoms with Crippen molar-refractivity contribution >= 4 is 23.1 Å². The van der Waals surface area contributed by atoms with Crippen molar-refractivity contribution in [3.05, 3.63) is 0 Å². The number of esters is 1. The van der Waals surface area contributed by atoms with Crippen LogP contribution < -0.4 is 0 Å². The lowest BCUT2D eigenvalue weighted by Crippen LogP contribution is -2.59. The monoisotopic (exact) mass is 406 g/mol. The summed E-state index contributed by atoms with van der Waals surface area (Å²) in [5.41, 5.74) is 0.379. The second-order valence-electron chi connectivity index (χ2n) is 10.6. The minimum absolute atomic E-state index is 0.0500. The molecule has 5 fully saturated rings. The zero-order chi connectivity index (χ0) is 19.7. The molecule has 0 aromatic heterocycles. The SMILES string of the molecule is CC(=O)O[C@H]1CC[C@@]2(C)[C@H](C1)C(=S)C[C@@H]1[C@@H]2CC[C@@]2(C)[C@H]1CCC21OCCO1. The van der Waals surface area contributed by atoms with Crippen LogP contribution >= 0.6 is 12.2 Å². The zero-order valence-electron chi connectivity index (χ0n) is 17.5. The summed E-state index contributed by atoms with van der Waals surface area (Å²) < 4.78 is 18.1. The van der Waals surface area contributed by atoms with Gasteiger partial charge in [0.25, 0.3) is 0 Å². The third kappa shape index (κ3) is 2.54. The molecule has 4 aliphatic carbocycles. The largest absolute Gasteiger partial charge is 0.463 e. The summed E-state index contributed by atoms with van der Waals surface area (Å²) >= 11 is 6.03. The van der Waals surface area contributed by atoms with Crippen LogP contribution in [-0.2, 0) is 19.0 Å². The van der Waals surface area contributed by atoms with Gasteiger partial charge in [-0.1, -0.05) is 26.1 Å². The van der Waals surface area contributed by atoms with Crippen molar-refractivity contribution in [3.8, 4) is 0 Å². The van der Waals surface area contributed by atoms with Crippen molar-refractivity contribution < 1.29 is 19.0 Å². The van der Waals surface area contributed by atoms with Gasteiger partial charge >= 0.3 is 5.97 Å². The van der Waals surface area contributed by atoms with E-state index >= 15 is 0 Å². The van der Waals surface area contributed by atoms with Crippen LogP contribution in [0.1, 0.15) is 72.1 Å². The molecule has 0 amide bonds. The molecule has 4 nitrogen and oxygen atoms in total. The van der Waals surface area contributed by atoms with Crippen LogP contribution in [-0.4, -0.2) is 35.9 Å². The summed E-state index contributed by atoms with van der Waals surface area (Å²) in [6.45, 7) is 7.92. The van der Waals surface area contributed by atoms with Gasteiger partial charge in [-0.2, -0.15) is 0 Å². The van der Waals surface area contributed by atoms with Crippen molar-refractivity contribution in [2.75, 3.05) is 13.2 Å². The highest BCUT2D eigenvalue weighted by atomic mass is 32.1. The molecule has 0 bridgehead atoms. The Balaban J connectivity index is 1.42. The third-order valence-corrected chi connectivity index (χ3v) is 9.99. The first-order valence-electron chi connectivity index (χ1n) is 11.3. The van der Waals surface area contributed by atoms with Crippen LogP contribution in [0.25, 0.3) is 0 Å². The lowest BCUT2D eigenvalue weighted by Gasteiger charge is -2.61. The van der Waals surface area contributed by atoms with Gasteiger partial charge in [-0.25, -0.2) is 0 Å². The summed E-state index contributed by atoms with van der Waals surface area (Å²) in [6.07, 6.45) is 8.83. The van der Waals surface area contributed by atoms with E-state index in [0.717, 1.165) is 51.2 Å². The summed E-state index contributed by atoms with van der Waals surface area (Å²) in [4.78, 5) is 12.7. The standard InChI is InChI=1S/C23H34O4S/c1-14(24)27-15-4-7-21(2)17-5-8-22(3)18(6-9-23(22)25-10-11-26-23)16(17)13-20(28)19(21)12-15/h15-19H,4-13H2,1-3H3/t15-,16+,17-,18-,19+,21+,22-/m0/s1. The Hall–Kier alpha value is -0.520. The molecular formula is C23H34O4S. The number of hydrogen-bond acceptors (Lipinski definition) is 5. The maximum absolute atomic E-state index is 11.5. The molecular weight excluding hydrogens is 372 g/mol. The molecule has 5 aliphatic rings. The summed E-state index contributed by atoms with van der Waals surface area (Å²) in [5.74, 6) is 1.94. The van der Waals surface area contributed by atoms with E-state index in [1.807, 2.05) is 0 Å². The molecule has 0 radical (unpaired) electrons. The molecule has 5 heteroatoms. The quantitative estimate of drug-likeness (QED) is 0.467. The second kappa shape index (κ2) is 6.49. The lowest BCUT2D eigenvalue weighted by atomic mass is 9.45. The minimum atomic E-state index is -0.338. The first-order chi connectivity index (χ1) is 13.3. The fourth-order valence-corrected chi connectivity index (χ4v) is 8.79. The molecule has 4 saturated carbocycles. The highest BCUT2D eigenvalue weighted by molar-refractivity contribution is 7.80. The Morgan fingerprint density at radius 3 is 2.50 bits per heavy atom. The van der Waals surface area contributed by atoms with Crippen LogP contribution in [0.3, 0.4) is 0 Å². The molecule has 0 N–H and O–H groups in total. The average Bonchev–Trinajstić information content (AvgIpc) is 3.23. The molecule has 1 heterocycles. The third-order valence-electron chi connectivity index (χ3n) is 9.54. The van der Waals surface area contributed by atoms with Crippen molar-refractivity contribution in [3.63, 3.8) is 0 Å². The number of thiocarbonyl (C=S) groups is 1. The van der Waals surface area contributed by atoms with Crippen molar-refractivity contribution in [2.24, 2.45) is 34.5 Å². The molecule has 1 saturated heterocycles. The van der Waals surface area contributed by atoms with E-state index in [9.17, 15) is 4.79 Å². The number of ether oxygens (including phenoxy) is 3. The summed E-state index contributed by atoms with van der Waals surface area (Å²) in [6, 6.07) is 0. The van der Waals surface area contributed by atoms with Crippen LogP contribution in [0, 0.1) is 34.5 Å². The van der Waals surface area contributed by atoms with Gasteiger partial charge in [-0.15, -0.1) is 0 Å². The van der Waals surface area contributed by atoms with E-state index in [4.69, 9.17) is 26.4 Å². The first-order valence-corrected chi connectivity index (χ1v) is 11.7. The first kappa shape index (κ1) is 19.4. The number of fused-ring (bicyclic) bond motifs is 6. The highest BCUT2D eigenvalue weighted by Crippen LogP contribution is 2.69. The van der Waals surface area contributed by atoms with E-state index in [2.05, 4.69) is 13.8 Å². The smallest absolute Gasteiger partial charge is 0.302 e. The van der Waals surface area contributed by atoms with Crippen LogP contribution in [0.5, 0.6) is 0 Å². The van der Waals surface area contributed by atoms with Crippen molar-refractivity contribution in [2.45, 2.75) is 84.0 Å². The molecule has 0 aromatic rings. The van der Waals surface area contributed by atoms with E-state index in [0.29, 0.717) is 17.8 Å². The summed E-state index contributed by atoms with van der Waals surface area (Å²) in [5, 5.41) is 0. The molecule has 7 atom stereocenters. The van der Waals surface area contributed by atoms with Crippen molar-refractivity contribution in [1.29, 1.82) is 0 Å². The molecule has 156 valence electrons. The molecule has 0 aromatic carbocycles. The van der Waals surface area contributed by atoms with Gasteiger partial charge in [0.2, 0.25) is 0 Å². The molecule has 1 spiro atoms. The fourth-order valence-electron chi connectivity index (χ4n) is 8.23. The Kier molecular flexibility index (Phi) is 4.50. The average molecular weight is 407 g/mol. The number of carbonyl (C=O) groups excluding carboxylic acids is 1. The predicted molar refractivity (Wildman–Crippen MR) is 110 cm³/mol. The number of rotatable bonds is 1. The van der Waals surface area contributed by atoms with Crippen LogP contribution in [0.15, 0.2) is 0 Å². The van der Waals surface area contributed by atoms with E-state index in [-0.39, 0.29) is 28.7 Å². The highest BCUT2D eigenvalue weighted by Gasteiger charge is 2.67. The molecule has 1 aliphatic heterocycles. The van der Waals surface area contributed by atoms with Gasteiger partial charge in [0.05, 0.1) is 13.2 Å².